The van der Waals surface area contributed by atoms with Crippen molar-refractivity contribution in [3.8, 4) is 61.3 Å². The second-order valence-electron chi connectivity index (χ2n) is 16.9. The third kappa shape index (κ3) is 6.93. The van der Waals surface area contributed by atoms with Gasteiger partial charge in [-0.3, -0.25) is 0 Å². The van der Waals surface area contributed by atoms with Crippen LogP contribution in [0.2, 0.25) is 0 Å². The molecule has 310 valence electrons. The highest BCUT2D eigenvalue weighted by Gasteiger charge is 2.22. The van der Waals surface area contributed by atoms with Gasteiger partial charge in [-0.2, -0.15) is 0 Å². The Bertz CT molecular complexity index is 3620. The maximum atomic E-state index is 2.44. The van der Waals surface area contributed by atoms with E-state index in [1.807, 2.05) is 0 Å². The van der Waals surface area contributed by atoms with Gasteiger partial charge in [-0.25, -0.2) is 0 Å². The molecule has 0 aliphatic heterocycles. The van der Waals surface area contributed by atoms with Crippen molar-refractivity contribution in [2.45, 2.75) is 0 Å². The van der Waals surface area contributed by atoms with Gasteiger partial charge in [0, 0.05) is 33.3 Å². The monoisotopic (exact) mass is 840 g/mol. The second kappa shape index (κ2) is 16.8. The van der Waals surface area contributed by atoms with E-state index in [2.05, 4.69) is 276 Å². The predicted octanol–water partition coefficient (Wildman–Crippen LogP) is 17.7. The summed E-state index contributed by atoms with van der Waals surface area (Å²) in [4.78, 5) is 2.43. The SMILES string of the molecule is c1ccc(-c2ccc(-c3ccc(N(c4ccc(-c5ccccc5-n5c6ccccc6c6ccccc65)c(-c5cccc6ccccc56)c4)c4ccccc4-c4ccccc4)cc3)cc2)cc1. The first-order chi connectivity index (χ1) is 32.8. The predicted molar refractivity (Wildman–Crippen MR) is 280 cm³/mol. The first kappa shape index (κ1) is 38.9. The van der Waals surface area contributed by atoms with Gasteiger partial charge in [0.05, 0.1) is 22.4 Å². The van der Waals surface area contributed by atoms with Crippen molar-refractivity contribution in [1.82, 2.24) is 4.57 Å². The Morgan fingerprint density at radius 2 is 0.727 bits per heavy atom. The summed E-state index contributed by atoms with van der Waals surface area (Å²) in [6.45, 7) is 0. The van der Waals surface area contributed by atoms with Gasteiger partial charge in [-0.05, 0) is 104 Å². The van der Waals surface area contributed by atoms with Crippen LogP contribution in [0, 0.1) is 0 Å². The lowest BCUT2D eigenvalue weighted by atomic mass is 9.89. The van der Waals surface area contributed by atoms with Crippen LogP contribution in [0.3, 0.4) is 0 Å². The van der Waals surface area contributed by atoms with Gasteiger partial charge >= 0.3 is 0 Å². The zero-order chi connectivity index (χ0) is 43.8. The molecular formula is C64H44N2. The largest absolute Gasteiger partial charge is 0.310 e. The summed E-state index contributed by atoms with van der Waals surface area (Å²) < 4.78 is 2.44. The zero-order valence-electron chi connectivity index (χ0n) is 36.3. The number of rotatable bonds is 9. The highest BCUT2D eigenvalue weighted by atomic mass is 15.1. The fourth-order valence-corrected chi connectivity index (χ4v) is 9.91. The van der Waals surface area contributed by atoms with Crippen molar-refractivity contribution in [3.05, 3.63) is 267 Å². The molecular weight excluding hydrogens is 797 g/mol. The van der Waals surface area contributed by atoms with Gasteiger partial charge in [0.1, 0.15) is 0 Å². The van der Waals surface area contributed by atoms with E-state index in [0.717, 1.165) is 45.0 Å². The molecule has 0 aliphatic carbocycles. The summed E-state index contributed by atoms with van der Waals surface area (Å²) in [5, 5.41) is 4.92. The van der Waals surface area contributed by atoms with Crippen molar-refractivity contribution in [2.75, 3.05) is 4.90 Å². The molecule has 0 saturated carbocycles. The lowest BCUT2D eigenvalue weighted by Gasteiger charge is -2.29. The van der Waals surface area contributed by atoms with Crippen molar-refractivity contribution < 1.29 is 0 Å². The number of nitrogens with zero attached hydrogens (tertiary/aromatic N) is 2. The summed E-state index contributed by atoms with van der Waals surface area (Å²) >= 11 is 0. The summed E-state index contributed by atoms with van der Waals surface area (Å²) in [5.74, 6) is 0. The fourth-order valence-electron chi connectivity index (χ4n) is 9.91. The van der Waals surface area contributed by atoms with E-state index in [1.54, 1.807) is 0 Å². The van der Waals surface area contributed by atoms with Crippen LogP contribution in [0.4, 0.5) is 17.1 Å². The molecule has 0 N–H and O–H groups in total. The van der Waals surface area contributed by atoms with Crippen LogP contribution in [0.5, 0.6) is 0 Å². The zero-order valence-corrected chi connectivity index (χ0v) is 36.3. The number of aromatic nitrogens is 1. The first-order valence-electron chi connectivity index (χ1n) is 22.7. The van der Waals surface area contributed by atoms with Crippen LogP contribution in [-0.4, -0.2) is 4.57 Å². The Balaban J connectivity index is 1.07. The van der Waals surface area contributed by atoms with Gasteiger partial charge in [0.15, 0.2) is 0 Å². The molecule has 12 aromatic rings. The Morgan fingerprint density at radius 1 is 0.258 bits per heavy atom. The van der Waals surface area contributed by atoms with Crippen LogP contribution in [0.25, 0.3) is 93.9 Å². The molecule has 12 rings (SSSR count). The Labute approximate surface area is 385 Å². The molecule has 0 aliphatic rings. The minimum Gasteiger partial charge on any atom is -0.310 e. The number of fused-ring (bicyclic) bond motifs is 4. The van der Waals surface area contributed by atoms with Gasteiger partial charge < -0.3 is 9.47 Å². The third-order valence-electron chi connectivity index (χ3n) is 13.0. The average Bonchev–Trinajstić information content (AvgIpc) is 3.74. The number of hydrogen-bond acceptors (Lipinski definition) is 1. The fraction of sp³-hybridized carbons (Fsp3) is 0. The van der Waals surface area contributed by atoms with E-state index in [1.165, 1.54) is 66.0 Å². The normalized spacial score (nSPS) is 11.3. The van der Waals surface area contributed by atoms with Crippen LogP contribution < -0.4 is 4.90 Å². The van der Waals surface area contributed by atoms with Crippen molar-refractivity contribution in [2.24, 2.45) is 0 Å². The molecule has 66 heavy (non-hydrogen) atoms. The second-order valence-corrected chi connectivity index (χ2v) is 16.9. The Hall–Kier alpha value is -8.72. The molecule has 1 heterocycles. The minimum absolute atomic E-state index is 1.07. The smallest absolute Gasteiger partial charge is 0.0541 e. The summed E-state index contributed by atoms with van der Waals surface area (Å²) in [6, 6.07) is 97.0. The maximum Gasteiger partial charge on any atom is 0.0541 e. The average molecular weight is 841 g/mol. The Kier molecular flexibility index (Phi) is 9.89. The lowest BCUT2D eigenvalue weighted by molar-refractivity contribution is 1.18. The van der Waals surface area contributed by atoms with Crippen molar-refractivity contribution >= 4 is 49.6 Å². The molecule has 2 heteroatoms. The van der Waals surface area contributed by atoms with E-state index >= 15 is 0 Å². The van der Waals surface area contributed by atoms with E-state index in [0.29, 0.717) is 0 Å². The molecule has 11 aromatic carbocycles. The minimum atomic E-state index is 1.07. The molecule has 0 saturated heterocycles. The van der Waals surface area contributed by atoms with E-state index in [9.17, 15) is 0 Å². The van der Waals surface area contributed by atoms with Crippen LogP contribution in [0.15, 0.2) is 267 Å². The number of benzene rings is 11. The summed E-state index contributed by atoms with van der Waals surface area (Å²) in [5.41, 5.74) is 18.5. The van der Waals surface area contributed by atoms with Crippen molar-refractivity contribution in [3.63, 3.8) is 0 Å². The van der Waals surface area contributed by atoms with E-state index in [4.69, 9.17) is 0 Å². The summed E-state index contributed by atoms with van der Waals surface area (Å²) in [6.07, 6.45) is 0. The van der Waals surface area contributed by atoms with Gasteiger partial charge in [-0.15, -0.1) is 0 Å². The first-order valence-corrected chi connectivity index (χ1v) is 22.7. The topological polar surface area (TPSA) is 8.17 Å². The molecule has 0 radical (unpaired) electrons. The molecule has 0 atom stereocenters. The molecule has 0 unspecified atom stereocenters. The van der Waals surface area contributed by atoms with Gasteiger partial charge in [0.25, 0.3) is 0 Å². The maximum absolute atomic E-state index is 2.44. The summed E-state index contributed by atoms with van der Waals surface area (Å²) in [7, 11) is 0. The quantitative estimate of drug-likeness (QED) is 0.141. The number of hydrogen-bond donors (Lipinski definition) is 0. The highest BCUT2D eigenvalue weighted by Crippen LogP contribution is 2.47. The molecule has 0 bridgehead atoms. The van der Waals surface area contributed by atoms with E-state index < -0.39 is 0 Å². The van der Waals surface area contributed by atoms with Crippen molar-refractivity contribution in [1.29, 1.82) is 0 Å². The molecule has 0 fully saturated rings. The number of para-hydroxylation sites is 4. The van der Waals surface area contributed by atoms with Gasteiger partial charge in [0.2, 0.25) is 0 Å². The molecule has 0 amide bonds. The van der Waals surface area contributed by atoms with Crippen LogP contribution >= 0.6 is 0 Å². The Morgan fingerprint density at radius 3 is 1.41 bits per heavy atom. The lowest BCUT2D eigenvalue weighted by Crippen LogP contribution is -2.11. The number of anilines is 3. The van der Waals surface area contributed by atoms with E-state index in [-0.39, 0.29) is 0 Å². The molecule has 0 spiro atoms. The van der Waals surface area contributed by atoms with Gasteiger partial charge in [-0.1, -0.05) is 218 Å². The standard InChI is InChI=1S/C64H44N2/c1-3-18-45(19-4-1)46-34-36-47(37-35-46)48-38-40-51(41-39-48)65(61-30-13-9-25-54(61)50-20-5-2-6-21-50)52-42-43-56(60(44-52)55-29-17-23-49-22-7-8-24-53(49)55)57-26-10-14-31-62(57)66-63-32-15-11-27-58(63)59-28-12-16-33-64(59)66/h1-44H. The third-order valence-corrected chi connectivity index (χ3v) is 13.0. The molecule has 2 nitrogen and oxygen atoms in total. The van der Waals surface area contributed by atoms with Crippen LogP contribution in [-0.2, 0) is 0 Å². The highest BCUT2D eigenvalue weighted by molar-refractivity contribution is 6.10. The van der Waals surface area contributed by atoms with Crippen LogP contribution in [0.1, 0.15) is 0 Å². The molecule has 1 aromatic heterocycles.